The van der Waals surface area contributed by atoms with Crippen LogP contribution in [0.2, 0.25) is 0 Å². The molecule has 2 N–H and O–H groups in total. The van der Waals surface area contributed by atoms with Gasteiger partial charge in [-0.15, -0.1) is 0 Å². The molecule has 0 bridgehead atoms. The molecule has 0 saturated heterocycles. The van der Waals surface area contributed by atoms with Gasteiger partial charge in [-0.2, -0.15) is 0 Å². The molecular weight excluding hydrogens is 336 g/mol. The van der Waals surface area contributed by atoms with Gasteiger partial charge >= 0.3 is 0 Å². The molecule has 25 heavy (non-hydrogen) atoms. The number of sulfone groups is 1. The second kappa shape index (κ2) is 6.82. The first-order valence-electron chi connectivity index (χ1n) is 7.98. The van der Waals surface area contributed by atoms with Crippen LogP contribution in [-0.2, 0) is 9.84 Å². The number of aromatic nitrogens is 2. The van der Waals surface area contributed by atoms with E-state index in [9.17, 15) is 8.42 Å². The molecule has 3 rings (SSSR count). The van der Waals surface area contributed by atoms with Crippen molar-refractivity contribution in [3.8, 4) is 22.5 Å². The predicted octanol–water partition coefficient (Wildman–Crippen LogP) is 3.13. The lowest BCUT2D eigenvalue weighted by atomic mass is 10.0. The average Bonchev–Trinajstić information content (AvgIpc) is 3.02. The average molecular weight is 356 g/mol. The maximum atomic E-state index is 12.3. The molecule has 0 aliphatic rings. The molecule has 130 valence electrons. The van der Waals surface area contributed by atoms with E-state index in [4.69, 9.17) is 5.11 Å². The van der Waals surface area contributed by atoms with Crippen LogP contribution in [0.5, 0.6) is 0 Å². The van der Waals surface area contributed by atoms with Gasteiger partial charge in [-0.05, 0) is 13.8 Å². The molecular formula is C19H20N2O3S. The van der Waals surface area contributed by atoms with Gasteiger partial charge in [0.15, 0.2) is 0 Å². The van der Waals surface area contributed by atoms with Gasteiger partial charge < -0.3 is 10.1 Å². The van der Waals surface area contributed by atoms with Gasteiger partial charge in [0.1, 0.15) is 0 Å². The molecule has 1 aromatic heterocycles. The number of hydrogen-bond donors (Lipinski definition) is 2. The Morgan fingerprint density at radius 2 is 1.44 bits per heavy atom. The number of nitrogens with zero attached hydrogens (tertiary/aromatic N) is 1. The Morgan fingerprint density at radius 3 is 1.96 bits per heavy atom. The van der Waals surface area contributed by atoms with Crippen LogP contribution in [0, 0.1) is 13.8 Å². The molecule has 3 aromatic rings. The molecule has 0 amide bonds. The van der Waals surface area contributed by atoms with Crippen LogP contribution in [0.3, 0.4) is 0 Å². The standard InChI is InChI=1S/C19H20N2O3S/c1-13-3-7-15(8-4-13)17-18(16-9-5-14(2)6-10-16)21-19(20-17)25(23,24)12-11-22/h3-10,22H,11-12H2,1-2H3,(H,20,21). The Hall–Kier alpha value is -2.44. The Labute approximate surface area is 147 Å². The zero-order valence-electron chi connectivity index (χ0n) is 14.2. The van der Waals surface area contributed by atoms with E-state index in [0.717, 1.165) is 22.3 Å². The van der Waals surface area contributed by atoms with Crippen molar-refractivity contribution in [1.29, 1.82) is 0 Å². The summed E-state index contributed by atoms with van der Waals surface area (Å²) >= 11 is 0. The van der Waals surface area contributed by atoms with E-state index in [2.05, 4.69) is 9.97 Å². The topological polar surface area (TPSA) is 83.1 Å². The summed E-state index contributed by atoms with van der Waals surface area (Å²) in [5, 5.41) is 8.90. The van der Waals surface area contributed by atoms with E-state index < -0.39 is 16.4 Å². The van der Waals surface area contributed by atoms with Crippen molar-refractivity contribution < 1.29 is 13.5 Å². The summed E-state index contributed by atoms with van der Waals surface area (Å²) in [5.74, 6) is -0.360. The third kappa shape index (κ3) is 3.65. The van der Waals surface area contributed by atoms with Gasteiger partial charge in [-0.25, -0.2) is 13.4 Å². The van der Waals surface area contributed by atoms with Crippen LogP contribution in [-0.4, -0.2) is 35.9 Å². The number of aryl methyl sites for hydroxylation is 2. The molecule has 0 radical (unpaired) electrons. The predicted molar refractivity (Wildman–Crippen MR) is 98.1 cm³/mol. The number of hydrogen-bond acceptors (Lipinski definition) is 4. The lowest BCUT2D eigenvalue weighted by Gasteiger charge is -2.04. The number of rotatable bonds is 5. The van der Waals surface area contributed by atoms with Crippen molar-refractivity contribution in [1.82, 2.24) is 9.97 Å². The highest BCUT2D eigenvalue weighted by Crippen LogP contribution is 2.31. The molecule has 0 fully saturated rings. The number of H-pyrrole nitrogens is 1. The molecule has 0 spiro atoms. The van der Waals surface area contributed by atoms with E-state index in [1.54, 1.807) is 0 Å². The lowest BCUT2D eigenvalue weighted by molar-refractivity contribution is 0.319. The molecule has 0 saturated carbocycles. The summed E-state index contributed by atoms with van der Waals surface area (Å²) in [4.78, 5) is 7.29. The third-order valence-electron chi connectivity index (χ3n) is 4.00. The zero-order chi connectivity index (χ0) is 18.0. The monoisotopic (exact) mass is 356 g/mol. The molecule has 1 heterocycles. The zero-order valence-corrected chi connectivity index (χ0v) is 15.0. The smallest absolute Gasteiger partial charge is 0.226 e. The molecule has 2 aromatic carbocycles. The summed E-state index contributed by atoms with van der Waals surface area (Å²) in [6.45, 7) is 3.55. The van der Waals surface area contributed by atoms with Gasteiger partial charge in [0.2, 0.25) is 15.0 Å². The van der Waals surface area contributed by atoms with Crippen LogP contribution in [0.15, 0.2) is 53.7 Å². The number of nitrogens with one attached hydrogen (secondary N) is 1. The first kappa shape index (κ1) is 17.4. The maximum absolute atomic E-state index is 12.3. The van der Waals surface area contributed by atoms with E-state index >= 15 is 0 Å². The van der Waals surface area contributed by atoms with E-state index in [1.165, 1.54) is 0 Å². The van der Waals surface area contributed by atoms with Crippen molar-refractivity contribution in [2.24, 2.45) is 0 Å². The second-order valence-electron chi connectivity index (χ2n) is 6.04. The lowest BCUT2D eigenvalue weighted by Crippen LogP contribution is -2.11. The summed E-state index contributed by atoms with van der Waals surface area (Å²) in [5.41, 5.74) is 5.17. The fraction of sp³-hybridized carbons (Fsp3) is 0.211. The van der Waals surface area contributed by atoms with E-state index in [1.807, 2.05) is 62.4 Å². The number of aromatic amines is 1. The highest BCUT2D eigenvalue weighted by atomic mass is 32.2. The SMILES string of the molecule is Cc1ccc(-c2nc(S(=O)(=O)CCO)[nH]c2-c2ccc(C)cc2)cc1. The minimum atomic E-state index is -3.66. The highest BCUT2D eigenvalue weighted by molar-refractivity contribution is 7.91. The first-order valence-corrected chi connectivity index (χ1v) is 9.63. The molecule has 5 nitrogen and oxygen atoms in total. The van der Waals surface area contributed by atoms with Crippen molar-refractivity contribution in [2.45, 2.75) is 19.0 Å². The van der Waals surface area contributed by atoms with Crippen molar-refractivity contribution in [2.75, 3.05) is 12.4 Å². The molecule has 6 heteroatoms. The summed E-state index contributed by atoms with van der Waals surface area (Å²) in [7, 11) is -3.66. The highest BCUT2D eigenvalue weighted by Gasteiger charge is 2.22. The largest absolute Gasteiger partial charge is 0.395 e. The minimum absolute atomic E-state index is 0.118. The first-order chi connectivity index (χ1) is 11.9. The molecule has 0 unspecified atom stereocenters. The summed E-state index contributed by atoms with van der Waals surface area (Å²) in [6.07, 6.45) is 0. The Morgan fingerprint density at radius 1 is 0.920 bits per heavy atom. The minimum Gasteiger partial charge on any atom is -0.395 e. The van der Waals surface area contributed by atoms with Crippen molar-refractivity contribution in [3.63, 3.8) is 0 Å². The van der Waals surface area contributed by atoms with Gasteiger partial charge in [0.05, 0.1) is 23.7 Å². The molecule has 0 aliphatic carbocycles. The number of imidazole rings is 1. The van der Waals surface area contributed by atoms with Gasteiger partial charge in [-0.1, -0.05) is 59.7 Å². The molecule has 0 atom stereocenters. The number of benzene rings is 2. The molecule has 0 aliphatic heterocycles. The van der Waals surface area contributed by atoms with Crippen LogP contribution >= 0.6 is 0 Å². The van der Waals surface area contributed by atoms with Crippen LogP contribution in [0.4, 0.5) is 0 Å². The Balaban J connectivity index is 2.19. The van der Waals surface area contributed by atoms with Crippen LogP contribution in [0.1, 0.15) is 11.1 Å². The van der Waals surface area contributed by atoms with Crippen LogP contribution in [0.25, 0.3) is 22.5 Å². The number of aliphatic hydroxyl groups is 1. The third-order valence-corrected chi connectivity index (χ3v) is 5.50. The fourth-order valence-electron chi connectivity index (χ4n) is 2.57. The normalized spacial score (nSPS) is 11.6. The summed E-state index contributed by atoms with van der Waals surface area (Å²) in [6, 6.07) is 15.6. The number of aliphatic hydroxyl groups excluding tert-OH is 1. The quantitative estimate of drug-likeness (QED) is 0.736. The van der Waals surface area contributed by atoms with Gasteiger partial charge in [0, 0.05) is 11.1 Å². The van der Waals surface area contributed by atoms with Crippen molar-refractivity contribution >= 4 is 9.84 Å². The maximum Gasteiger partial charge on any atom is 0.226 e. The second-order valence-corrected chi connectivity index (χ2v) is 8.06. The van der Waals surface area contributed by atoms with Crippen molar-refractivity contribution in [3.05, 3.63) is 59.7 Å². The Kier molecular flexibility index (Phi) is 4.74. The fourth-order valence-corrected chi connectivity index (χ4v) is 3.49. The summed E-state index contributed by atoms with van der Waals surface area (Å²) < 4.78 is 24.6. The van der Waals surface area contributed by atoms with E-state index in [-0.39, 0.29) is 10.9 Å². The van der Waals surface area contributed by atoms with Gasteiger partial charge in [-0.3, -0.25) is 0 Å². The van der Waals surface area contributed by atoms with Crippen LogP contribution < -0.4 is 0 Å². The van der Waals surface area contributed by atoms with Gasteiger partial charge in [0.25, 0.3) is 0 Å². The Bertz CT molecular complexity index is 910. The van der Waals surface area contributed by atoms with E-state index in [0.29, 0.717) is 11.4 Å².